The van der Waals surface area contributed by atoms with E-state index in [1.807, 2.05) is 0 Å². The highest BCUT2D eigenvalue weighted by Crippen LogP contribution is 2.00. The van der Waals surface area contributed by atoms with E-state index < -0.39 is 16.0 Å². The summed E-state index contributed by atoms with van der Waals surface area (Å²) in [5.74, 6) is -0.633. The van der Waals surface area contributed by atoms with Crippen molar-refractivity contribution in [3.8, 4) is 0 Å². The molecule has 0 atom stereocenters. The van der Waals surface area contributed by atoms with Gasteiger partial charge < -0.3 is 4.74 Å². The van der Waals surface area contributed by atoms with E-state index in [4.69, 9.17) is 4.74 Å². The lowest BCUT2D eigenvalue weighted by molar-refractivity contribution is 0.0516. The number of carbonyl (C=O) groups is 1. The molecule has 0 aliphatic rings. The third kappa shape index (κ3) is 3.24. The first-order valence-corrected chi connectivity index (χ1v) is 6.00. The van der Waals surface area contributed by atoms with Crippen molar-refractivity contribution in [2.45, 2.75) is 6.92 Å². The van der Waals surface area contributed by atoms with Crippen LogP contribution in [0.3, 0.4) is 0 Å². The Morgan fingerprint density at radius 1 is 1.67 bits per heavy atom. The number of imidazole rings is 1. The zero-order valence-corrected chi connectivity index (χ0v) is 9.11. The molecular formula is C7H11N3O4S. The summed E-state index contributed by atoms with van der Waals surface area (Å²) in [5, 5.41) is 0. The Kier molecular flexibility index (Phi) is 3.30. The summed E-state index contributed by atoms with van der Waals surface area (Å²) in [6.45, 7) is 1.87. The Labute approximate surface area is 87.1 Å². The standard InChI is InChI=1S/C7H11N3O4S/c1-3-14-7(11)6-4-8-5-10(6)9-15(2,12)13/h4-5,9H,3H2,1-2H3. The normalized spacial score (nSPS) is 11.1. The Morgan fingerprint density at radius 2 is 2.33 bits per heavy atom. The van der Waals surface area contributed by atoms with Crippen molar-refractivity contribution in [3.63, 3.8) is 0 Å². The molecular weight excluding hydrogens is 222 g/mol. The molecule has 0 saturated carbocycles. The average Bonchev–Trinajstić information content (AvgIpc) is 2.49. The molecule has 0 spiro atoms. The number of esters is 1. The van der Waals surface area contributed by atoms with Gasteiger partial charge in [-0.1, -0.05) is 0 Å². The smallest absolute Gasteiger partial charge is 0.358 e. The van der Waals surface area contributed by atoms with Gasteiger partial charge in [-0.05, 0) is 6.92 Å². The van der Waals surface area contributed by atoms with Crippen LogP contribution >= 0.6 is 0 Å². The molecule has 0 bridgehead atoms. The predicted molar refractivity (Wildman–Crippen MR) is 52.4 cm³/mol. The van der Waals surface area contributed by atoms with Crippen LogP contribution in [0.15, 0.2) is 12.5 Å². The minimum absolute atomic E-state index is 0.0299. The van der Waals surface area contributed by atoms with Gasteiger partial charge >= 0.3 is 5.97 Å². The first-order valence-electron chi connectivity index (χ1n) is 4.11. The number of rotatable bonds is 4. The molecule has 84 valence electrons. The van der Waals surface area contributed by atoms with Crippen LogP contribution in [-0.2, 0) is 14.8 Å². The fourth-order valence-electron chi connectivity index (χ4n) is 0.902. The molecule has 0 aromatic carbocycles. The van der Waals surface area contributed by atoms with Gasteiger partial charge in [0, 0.05) is 0 Å². The Bertz CT molecular complexity index is 451. The molecule has 1 aromatic rings. The first-order chi connectivity index (χ1) is 6.94. The summed E-state index contributed by atoms with van der Waals surface area (Å²) in [6.07, 6.45) is 3.37. The van der Waals surface area contributed by atoms with E-state index in [-0.39, 0.29) is 12.3 Å². The summed E-state index contributed by atoms with van der Waals surface area (Å²) < 4.78 is 27.5. The minimum atomic E-state index is -3.45. The summed E-state index contributed by atoms with van der Waals surface area (Å²) in [6, 6.07) is 0. The van der Waals surface area contributed by atoms with Crippen LogP contribution in [0.1, 0.15) is 17.4 Å². The van der Waals surface area contributed by atoms with E-state index in [9.17, 15) is 13.2 Å². The second-order valence-corrected chi connectivity index (χ2v) is 4.46. The molecule has 0 unspecified atom stereocenters. The third-order valence-electron chi connectivity index (χ3n) is 1.39. The molecule has 0 aliphatic carbocycles. The highest BCUT2D eigenvalue weighted by atomic mass is 32.2. The lowest BCUT2D eigenvalue weighted by Crippen LogP contribution is -2.25. The van der Waals surface area contributed by atoms with Crippen LogP contribution in [-0.4, -0.2) is 36.9 Å². The summed E-state index contributed by atoms with van der Waals surface area (Å²) in [7, 11) is -3.45. The molecule has 0 aliphatic heterocycles. The SMILES string of the molecule is CCOC(=O)c1cncn1NS(C)(=O)=O. The molecule has 0 saturated heterocycles. The van der Waals surface area contributed by atoms with E-state index in [0.717, 1.165) is 10.9 Å². The molecule has 7 nitrogen and oxygen atoms in total. The minimum Gasteiger partial charge on any atom is -0.461 e. The van der Waals surface area contributed by atoms with E-state index in [1.54, 1.807) is 6.92 Å². The second-order valence-electron chi connectivity index (χ2n) is 2.73. The Hall–Kier alpha value is -1.57. The number of hydrogen-bond acceptors (Lipinski definition) is 5. The largest absolute Gasteiger partial charge is 0.461 e. The first kappa shape index (κ1) is 11.5. The van der Waals surface area contributed by atoms with Gasteiger partial charge in [0.15, 0.2) is 5.69 Å². The maximum atomic E-state index is 11.3. The maximum absolute atomic E-state index is 11.3. The van der Waals surface area contributed by atoms with Gasteiger partial charge in [0.1, 0.15) is 6.33 Å². The summed E-state index contributed by atoms with van der Waals surface area (Å²) in [4.78, 5) is 17.0. The van der Waals surface area contributed by atoms with Gasteiger partial charge in [-0.25, -0.2) is 27.7 Å². The number of aromatic nitrogens is 2. The number of carbonyl (C=O) groups excluding carboxylic acids is 1. The highest BCUT2D eigenvalue weighted by Gasteiger charge is 2.14. The predicted octanol–water partition coefficient (Wildman–Crippen LogP) is -0.437. The van der Waals surface area contributed by atoms with Gasteiger partial charge in [-0.2, -0.15) is 0 Å². The van der Waals surface area contributed by atoms with Gasteiger partial charge in [-0.3, -0.25) is 0 Å². The van der Waals surface area contributed by atoms with Gasteiger partial charge in [0.25, 0.3) is 0 Å². The van der Waals surface area contributed by atoms with E-state index >= 15 is 0 Å². The van der Waals surface area contributed by atoms with Crippen molar-refractivity contribution in [2.24, 2.45) is 0 Å². The molecule has 15 heavy (non-hydrogen) atoms. The fourth-order valence-corrected chi connectivity index (χ4v) is 1.41. The van der Waals surface area contributed by atoms with E-state index in [2.05, 4.69) is 9.82 Å². The van der Waals surface area contributed by atoms with E-state index in [1.165, 1.54) is 12.5 Å². The molecule has 0 fully saturated rings. The molecule has 1 N–H and O–H groups in total. The van der Waals surface area contributed by atoms with Crippen LogP contribution in [0.4, 0.5) is 0 Å². The maximum Gasteiger partial charge on any atom is 0.358 e. The quantitative estimate of drug-likeness (QED) is 0.712. The van der Waals surface area contributed by atoms with Crippen molar-refractivity contribution in [1.29, 1.82) is 0 Å². The number of sulfonamides is 1. The lowest BCUT2D eigenvalue weighted by Gasteiger charge is -2.07. The van der Waals surface area contributed by atoms with E-state index in [0.29, 0.717) is 0 Å². The van der Waals surface area contributed by atoms with Crippen molar-refractivity contribution >= 4 is 16.0 Å². The van der Waals surface area contributed by atoms with Crippen molar-refractivity contribution in [3.05, 3.63) is 18.2 Å². The van der Waals surface area contributed by atoms with Crippen molar-refractivity contribution in [2.75, 3.05) is 17.7 Å². The van der Waals surface area contributed by atoms with Crippen LogP contribution in [0.2, 0.25) is 0 Å². The lowest BCUT2D eigenvalue weighted by atomic mass is 10.5. The zero-order chi connectivity index (χ0) is 11.5. The highest BCUT2D eigenvalue weighted by molar-refractivity contribution is 7.91. The Morgan fingerprint density at radius 3 is 2.87 bits per heavy atom. The molecule has 0 radical (unpaired) electrons. The van der Waals surface area contributed by atoms with Gasteiger partial charge in [0.2, 0.25) is 10.0 Å². The number of nitrogens with zero attached hydrogens (tertiary/aromatic N) is 2. The van der Waals surface area contributed by atoms with Crippen molar-refractivity contribution in [1.82, 2.24) is 9.66 Å². The van der Waals surface area contributed by atoms with Crippen LogP contribution in [0.5, 0.6) is 0 Å². The fraction of sp³-hybridized carbons (Fsp3) is 0.429. The van der Waals surface area contributed by atoms with Crippen LogP contribution < -0.4 is 4.83 Å². The third-order valence-corrected chi connectivity index (χ3v) is 1.92. The monoisotopic (exact) mass is 233 g/mol. The summed E-state index contributed by atoms with van der Waals surface area (Å²) in [5.41, 5.74) is 0.0299. The molecule has 1 heterocycles. The topological polar surface area (TPSA) is 90.3 Å². The second kappa shape index (κ2) is 4.30. The average molecular weight is 233 g/mol. The van der Waals surface area contributed by atoms with Gasteiger partial charge in [0.05, 0.1) is 19.1 Å². The number of nitrogens with one attached hydrogen (secondary N) is 1. The molecule has 8 heteroatoms. The van der Waals surface area contributed by atoms with Gasteiger partial charge in [-0.15, -0.1) is 0 Å². The number of ether oxygens (including phenoxy) is 1. The van der Waals surface area contributed by atoms with Crippen molar-refractivity contribution < 1.29 is 17.9 Å². The Balaban J connectivity index is 2.92. The summed E-state index contributed by atoms with van der Waals surface area (Å²) >= 11 is 0. The molecule has 0 amide bonds. The van der Waals surface area contributed by atoms with Crippen LogP contribution in [0.25, 0.3) is 0 Å². The number of hydrogen-bond donors (Lipinski definition) is 1. The molecule has 1 rings (SSSR count). The molecule has 1 aromatic heterocycles. The zero-order valence-electron chi connectivity index (χ0n) is 8.30. The van der Waals surface area contributed by atoms with Crippen LogP contribution in [0, 0.1) is 0 Å².